The van der Waals surface area contributed by atoms with Gasteiger partial charge in [-0.25, -0.2) is 0 Å². The van der Waals surface area contributed by atoms with Gasteiger partial charge in [-0.3, -0.25) is 4.79 Å². The van der Waals surface area contributed by atoms with Crippen molar-refractivity contribution in [2.24, 2.45) is 0 Å². The molecule has 0 spiro atoms. The van der Waals surface area contributed by atoms with Crippen LogP contribution in [0.5, 0.6) is 0 Å². The first-order valence-electron chi connectivity index (χ1n) is 11.3. The molecule has 0 saturated carbocycles. The number of aliphatic carboxylic acids is 1. The number of carbonyl (C=O) groups excluding carboxylic acids is 2. The minimum atomic E-state index is -1.12. The Hall–Kier alpha value is -1.44. The second-order valence-electron chi connectivity index (χ2n) is 8.72. The van der Waals surface area contributed by atoms with E-state index in [1.54, 1.807) is 21.1 Å². The van der Waals surface area contributed by atoms with Gasteiger partial charge in [0.1, 0.15) is 18.8 Å². The monoisotopic (exact) mass is 429 g/mol. The number of unbranched alkanes of at least 4 members (excludes halogenated alkanes) is 6. The summed E-state index contributed by atoms with van der Waals surface area (Å²) in [6.07, 6.45) is 13.0. The van der Waals surface area contributed by atoms with Gasteiger partial charge in [0.2, 0.25) is 0 Å². The molecule has 0 fully saturated rings. The Morgan fingerprint density at radius 3 is 2.23 bits per heavy atom. The van der Waals surface area contributed by atoms with Crippen molar-refractivity contribution in [2.45, 2.75) is 83.3 Å². The van der Waals surface area contributed by atoms with Crippen LogP contribution >= 0.6 is 0 Å². The predicted octanol–water partition coefficient (Wildman–Crippen LogP) is 2.21. The summed E-state index contributed by atoms with van der Waals surface area (Å²) in [6.45, 7) is 2.27. The number of ether oxygens (including phenoxy) is 2. The average Bonchev–Trinajstić information content (AvgIpc) is 2.66. The van der Waals surface area contributed by atoms with Crippen LogP contribution in [0.15, 0.2) is 12.2 Å². The predicted molar refractivity (Wildman–Crippen MR) is 116 cm³/mol. The Morgan fingerprint density at radius 1 is 1.00 bits per heavy atom. The number of allylic oxidation sites excluding steroid dienone is 2. The van der Waals surface area contributed by atoms with Gasteiger partial charge in [-0.2, -0.15) is 0 Å². The van der Waals surface area contributed by atoms with Crippen molar-refractivity contribution >= 4 is 11.9 Å². The van der Waals surface area contributed by atoms with Crippen LogP contribution in [-0.4, -0.2) is 74.6 Å². The number of nitrogens with zero attached hydrogens (tertiary/aromatic N) is 1. The third-order valence-electron chi connectivity index (χ3n) is 4.88. The summed E-state index contributed by atoms with van der Waals surface area (Å²) in [7, 11) is 5.33. The lowest BCUT2D eigenvalue weighted by Gasteiger charge is -2.34. The molecule has 0 aromatic carbocycles. The lowest BCUT2D eigenvalue weighted by atomic mass is 10.1. The number of rotatable bonds is 19. The van der Waals surface area contributed by atoms with E-state index in [9.17, 15) is 19.8 Å². The fourth-order valence-corrected chi connectivity index (χ4v) is 2.99. The summed E-state index contributed by atoms with van der Waals surface area (Å²) in [6, 6.07) is -0.683. The van der Waals surface area contributed by atoms with Crippen LogP contribution in [0, 0.1) is 0 Å². The van der Waals surface area contributed by atoms with Gasteiger partial charge in [-0.1, -0.05) is 44.8 Å². The summed E-state index contributed by atoms with van der Waals surface area (Å²) >= 11 is 0. The van der Waals surface area contributed by atoms with E-state index in [-0.39, 0.29) is 36.7 Å². The highest BCUT2D eigenvalue weighted by Gasteiger charge is 2.24. The highest BCUT2D eigenvalue weighted by molar-refractivity contribution is 5.69. The van der Waals surface area contributed by atoms with Gasteiger partial charge in [0.25, 0.3) is 0 Å². The molecule has 0 aliphatic rings. The maximum absolute atomic E-state index is 11.7. The molecule has 7 nitrogen and oxygen atoms in total. The molecule has 0 aromatic rings. The second-order valence-corrected chi connectivity index (χ2v) is 8.72. The van der Waals surface area contributed by atoms with Crippen LogP contribution in [0.1, 0.15) is 71.1 Å². The molecule has 1 N–H and O–H groups in total. The van der Waals surface area contributed by atoms with Gasteiger partial charge in [-0.15, -0.1) is 0 Å². The number of aliphatic hydroxyl groups excluding tert-OH is 1. The van der Waals surface area contributed by atoms with Gasteiger partial charge >= 0.3 is 5.97 Å². The van der Waals surface area contributed by atoms with Gasteiger partial charge < -0.3 is 29.0 Å². The van der Waals surface area contributed by atoms with Crippen molar-refractivity contribution in [3.05, 3.63) is 12.2 Å². The number of quaternary nitrogens is 1. The third kappa shape index (κ3) is 16.4. The molecular formula is C23H43NO6. The molecule has 0 rings (SSSR count). The van der Waals surface area contributed by atoms with Crippen molar-refractivity contribution in [1.82, 2.24) is 0 Å². The topological polar surface area (TPSA) is 95.9 Å². The Balaban J connectivity index is 3.68. The Kier molecular flexibility index (Phi) is 16.4. The van der Waals surface area contributed by atoms with Crippen LogP contribution in [0.3, 0.4) is 0 Å². The largest absolute Gasteiger partial charge is 0.544 e. The number of likely N-dealkylation sites (N-methyl/N-ethyl adjacent to an activating group) is 1. The Labute approximate surface area is 182 Å². The average molecular weight is 430 g/mol. The first kappa shape index (κ1) is 28.6. The molecular weight excluding hydrogens is 386 g/mol. The van der Waals surface area contributed by atoms with E-state index in [1.807, 2.05) is 0 Å². The van der Waals surface area contributed by atoms with Gasteiger partial charge in [0, 0.05) is 12.8 Å². The molecule has 0 heterocycles. The molecule has 0 radical (unpaired) electrons. The molecule has 7 heteroatoms. The third-order valence-corrected chi connectivity index (χ3v) is 4.88. The Morgan fingerprint density at radius 2 is 1.63 bits per heavy atom. The lowest BCUT2D eigenvalue weighted by molar-refractivity contribution is -0.889. The first-order valence-corrected chi connectivity index (χ1v) is 11.3. The number of carboxylic acid groups (broad SMARTS) is 1. The summed E-state index contributed by atoms with van der Waals surface area (Å²) in [5, 5.41) is 21.0. The number of esters is 1. The summed E-state index contributed by atoms with van der Waals surface area (Å²) < 4.78 is 10.6. The molecule has 0 aliphatic heterocycles. The zero-order valence-corrected chi connectivity index (χ0v) is 19.4. The lowest BCUT2D eigenvalue weighted by Crippen LogP contribution is -2.55. The van der Waals surface area contributed by atoms with E-state index in [0.29, 0.717) is 6.42 Å². The highest BCUT2D eigenvalue weighted by atomic mass is 16.5. The molecule has 30 heavy (non-hydrogen) atoms. The zero-order valence-electron chi connectivity index (χ0n) is 19.4. The smallest absolute Gasteiger partial charge is 0.305 e. The van der Waals surface area contributed by atoms with Crippen molar-refractivity contribution in [3.8, 4) is 0 Å². The van der Waals surface area contributed by atoms with Crippen LogP contribution in [0.25, 0.3) is 0 Å². The van der Waals surface area contributed by atoms with Crippen LogP contribution in [0.4, 0.5) is 0 Å². The van der Waals surface area contributed by atoms with Crippen molar-refractivity contribution in [2.75, 3.05) is 41.0 Å². The molecule has 0 saturated heterocycles. The minimum Gasteiger partial charge on any atom is -0.544 e. The number of hydrogen-bond acceptors (Lipinski definition) is 6. The number of hydrogen-bond donors (Lipinski definition) is 1. The fraction of sp³-hybridized carbons (Fsp3) is 0.826. The molecule has 0 bridgehead atoms. The number of carbonyl (C=O) groups is 2. The van der Waals surface area contributed by atoms with Crippen molar-refractivity contribution in [1.29, 1.82) is 0 Å². The maximum atomic E-state index is 11.7. The van der Waals surface area contributed by atoms with E-state index in [4.69, 9.17) is 9.47 Å². The van der Waals surface area contributed by atoms with Crippen LogP contribution in [0.2, 0.25) is 0 Å². The fourth-order valence-electron chi connectivity index (χ4n) is 2.99. The van der Waals surface area contributed by atoms with Gasteiger partial charge in [0.05, 0.1) is 40.3 Å². The van der Waals surface area contributed by atoms with Crippen LogP contribution < -0.4 is 5.11 Å². The van der Waals surface area contributed by atoms with E-state index in [2.05, 4.69) is 19.1 Å². The van der Waals surface area contributed by atoms with E-state index >= 15 is 0 Å². The SMILES string of the molecule is CCCC/C=C/CCCCCCC(=O)OCC(O)COCCC(C(=O)[O-])[N+](C)(C)C. The normalized spacial score (nSPS) is 14.0. The van der Waals surface area contributed by atoms with E-state index in [0.717, 1.165) is 38.5 Å². The van der Waals surface area contributed by atoms with Crippen LogP contribution in [-0.2, 0) is 19.1 Å². The second kappa shape index (κ2) is 17.3. The van der Waals surface area contributed by atoms with Gasteiger partial charge in [-0.05, 0) is 25.7 Å². The van der Waals surface area contributed by atoms with Crippen molar-refractivity contribution < 1.29 is 33.8 Å². The highest BCUT2D eigenvalue weighted by Crippen LogP contribution is 2.09. The number of carboxylic acids is 1. The molecule has 0 aromatic heterocycles. The van der Waals surface area contributed by atoms with E-state index < -0.39 is 18.1 Å². The van der Waals surface area contributed by atoms with E-state index in [1.165, 1.54) is 12.8 Å². The Bertz CT molecular complexity index is 487. The standard InChI is InChI=1S/C23H43NO6/c1-5-6-7-8-9-10-11-12-13-14-15-22(26)30-19-20(25)18-29-17-16-21(23(27)28)24(2,3)4/h8-9,20-21,25H,5-7,10-19H2,1-4H3/b9-8+. The van der Waals surface area contributed by atoms with Gasteiger partial charge in [0.15, 0.2) is 0 Å². The first-order chi connectivity index (χ1) is 14.2. The minimum absolute atomic E-state index is 0.00400. The quantitative estimate of drug-likeness (QED) is 0.146. The van der Waals surface area contributed by atoms with Crippen molar-refractivity contribution in [3.63, 3.8) is 0 Å². The summed E-state index contributed by atoms with van der Waals surface area (Å²) in [5.74, 6) is -1.43. The molecule has 2 unspecified atom stereocenters. The summed E-state index contributed by atoms with van der Waals surface area (Å²) in [4.78, 5) is 22.9. The molecule has 176 valence electrons. The molecule has 2 atom stereocenters. The number of aliphatic hydroxyl groups is 1. The summed E-state index contributed by atoms with van der Waals surface area (Å²) in [5.41, 5.74) is 0. The molecule has 0 amide bonds. The molecule has 0 aliphatic carbocycles. The zero-order chi connectivity index (χ0) is 22.8. The maximum Gasteiger partial charge on any atom is 0.305 e.